The Morgan fingerprint density at radius 3 is 2.27 bits per heavy atom. The van der Waals surface area contributed by atoms with E-state index >= 15 is 0 Å². The van der Waals surface area contributed by atoms with Crippen LogP contribution >= 0.6 is 0 Å². The predicted octanol–water partition coefficient (Wildman–Crippen LogP) is 2.64. The molecule has 0 spiro atoms. The van der Waals surface area contributed by atoms with E-state index in [-0.39, 0.29) is 5.75 Å². The first-order valence-electron chi connectivity index (χ1n) is 8.86. The molecule has 0 atom stereocenters. The molecule has 1 saturated heterocycles. The van der Waals surface area contributed by atoms with Gasteiger partial charge in [0.05, 0.1) is 17.0 Å². The lowest BCUT2D eigenvalue weighted by Crippen LogP contribution is -2.49. The number of para-hydroxylation sites is 1. The van der Waals surface area contributed by atoms with Gasteiger partial charge in [0.15, 0.2) is 0 Å². The lowest BCUT2D eigenvalue weighted by Gasteiger charge is -2.35. The third-order valence-corrected chi connectivity index (χ3v) is 6.66. The van der Waals surface area contributed by atoms with Gasteiger partial charge in [-0.1, -0.05) is 42.5 Å². The van der Waals surface area contributed by atoms with Gasteiger partial charge in [-0.05, 0) is 30.5 Å². The number of hydrogen-bond donors (Lipinski definition) is 0. The number of anilines is 1. The topological polar surface area (TPSA) is 64.4 Å². The highest BCUT2D eigenvalue weighted by Crippen LogP contribution is 2.22. The van der Waals surface area contributed by atoms with Crippen molar-refractivity contribution in [3.63, 3.8) is 0 Å². The van der Waals surface area contributed by atoms with Crippen molar-refractivity contribution in [2.45, 2.75) is 12.8 Å². The van der Waals surface area contributed by atoms with Crippen LogP contribution in [0.1, 0.15) is 17.5 Å². The lowest BCUT2D eigenvalue weighted by atomic mass is 10.1. The fourth-order valence-corrected chi connectivity index (χ4v) is 4.77. The van der Waals surface area contributed by atoms with Crippen LogP contribution in [0.4, 0.5) is 5.69 Å². The molecule has 0 unspecified atom stereocenters. The van der Waals surface area contributed by atoms with Crippen LogP contribution in [0.2, 0.25) is 0 Å². The Morgan fingerprint density at radius 2 is 1.58 bits per heavy atom. The third-order valence-electron chi connectivity index (χ3n) is 4.71. The van der Waals surface area contributed by atoms with Crippen molar-refractivity contribution < 1.29 is 8.42 Å². The van der Waals surface area contributed by atoms with Crippen molar-refractivity contribution in [2.75, 3.05) is 36.8 Å². The van der Waals surface area contributed by atoms with E-state index in [4.69, 9.17) is 0 Å². The summed E-state index contributed by atoms with van der Waals surface area (Å²) in [6, 6.07) is 19.6. The molecule has 0 saturated carbocycles. The lowest BCUT2D eigenvalue weighted by molar-refractivity contribution is 0.384. The monoisotopic (exact) mass is 369 g/mol. The molecule has 0 aromatic heterocycles. The maximum atomic E-state index is 12.6. The summed E-state index contributed by atoms with van der Waals surface area (Å²) in [6.45, 7) is 2.15. The number of hydrogen-bond acceptors (Lipinski definition) is 4. The minimum absolute atomic E-state index is 0.177. The summed E-state index contributed by atoms with van der Waals surface area (Å²) in [5.41, 5.74) is 2.68. The highest BCUT2D eigenvalue weighted by molar-refractivity contribution is 7.89. The molecule has 0 amide bonds. The first-order valence-corrected chi connectivity index (χ1v) is 10.5. The Bertz CT molecular complexity index is 867. The summed E-state index contributed by atoms with van der Waals surface area (Å²) >= 11 is 0. The minimum atomic E-state index is -3.23. The van der Waals surface area contributed by atoms with E-state index in [0.717, 1.165) is 12.1 Å². The van der Waals surface area contributed by atoms with Gasteiger partial charge in [-0.3, -0.25) is 0 Å². The van der Waals surface area contributed by atoms with Crippen molar-refractivity contribution in [2.24, 2.45) is 0 Å². The molecule has 3 rings (SSSR count). The number of piperazine rings is 1. The number of rotatable bonds is 6. The van der Waals surface area contributed by atoms with Crippen LogP contribution in [-0.2, 0) is 16.4 Å². The average Bonchev–Trinajstić information content (AvgIpc) is 2.69. The Morgan fingerprint density at radius 1 is 0.923 bits per heavy atom. The molecule has 0 radical (unpaired) electrons. The summed E-state index contributed by atoms with van der Waals surface area (Å²) in [6.07, 6.45) is 1.40. The molecule has 26 heavy (non-hydrogen) atoms. The molecular weight excluding hydrogens is 346 g/mol. The number of sulfonamides is 1. The predicted molar refractivity (Wildman–Crippen MR) is 103 cm³/mol. The average molecular weight is 369 g/mol. The second kappa shape index (κ2) is 8.35. The summed E-state index contributed by atoms with van der Waals surface area (Å²) < 4.78 is 26.8. The number of benzene rings is 2. The van der Waals surface area contributed by atoms with Gasteiger partial charge in [-0.2, -0.15) is 9.57 Å². The Labute approximate surface area is 155 Å². The van der Waals surface area contributed by atoms with Gasteiger partial charge in [0, 0.05) is 26.2 Å². The van der Waals surface area contributed by atoms with E-state index in [1.165, 1.54) is 5.56 Å². The van der Waals surface area contributed by atoms with Crippen molar-refractivity contribution in [3.8, 4) is 6.07 Å². The van der Waals surface area contributed by atoms with E-state index in [2.05, 4.69) is 11.0 Å². The Kier molecular flexibility index (Phi) is 5.92. The van der Waals surface area contributed by atoms with E-state index < -0.39 is 10.0 Å². The zero-order chi connectivity index (χ0) is 18.4. The normalized spacial score (nSPS) is 15.6. The molecule has 0 N–H and O–H groups in total. The maximum absolute atomic E-state index is 12.6. The second-order valence-corrected chi connectivity index (χ2v) is 8.51. The third kappa shape index (κ3) is 4.43. The van der Waals surface area contributed by atoms with Crippen LogP contribution in [-0.4, -0.2) is 44.7 Å². The van der Waals surface area contributed by atoms with Crippen molar-refractivity contribution in [1.82, 2.24) is 4.31 Å². The van der Waals surface area contributed by atoms with Crippen molar-refractivity contribution in [3.05, 3.63) is 65.7 Å². The number of aryl methyl sites for hydroxylation is 1. The molecule has 5 nitrogen and oxygen atoms in total. The van der Waals surface area contributed by atoms with E-state index in [0.29, 0.717) is 38.2 Å². The molecule has 136 valence electrons. The highest BCUT2D eigenvalue weighted by Gasteiger charge is 2.27. The molecule has 0 bridgehead atoms. The SMILES string of the molecule is N#Cc1ccccc1N1CCN(S(=O)(=O)CCCc2ccccc2)CC1. The molecule has 1 aliphatic rings. The van der Waals surface area contributed by atoms with Crippen LogP contribution in [0.15, 0.2) is 54.6 Å². The zero-order valence-electron chi connectivity index (χ0n) is 14.7. The number of nitriles is 1. The van der Waals surface area contributed by atoms with Crippen LogP contribution in [0.25, 0.3) is 0 Å². The molecule has 1 fully saturated rings. The quantitative estimate of drug-likeness (QED) is 0.785. The fourth-order valence-electron chi connectivity index (χ4n) is 3.28. The van der Waals surface area contributed by atoms with Crippen LogP contribution in [0.3, 0.4) is 0 Å². The van der Waals surface area contributed by atoms with Gasteiger partial charge in [0.25, 0.3) is 0 Å². The van der Waals surface area contributed by atoms with Crippen molar-refractivity contribution in [1.29, 1.82) is 5.26 Å². The van der Waals surface area contributed by atoms with Crippen molar-refractivity contribution >= 4 is 15.7 Å². The van der Waals surface area contributed by atoms with Gasteiger partial charge in [0.2, 0.25) is 10.0 Å². The summed E-state index contributed by atoms with van der Waals surface area (Å²) in [4.78, 5) is 2.09. The van der Waals surface area contributed by atoms with Gasteiger partial charge in [0.1, 0.15) is 6.07 Å². The van der Waals surface area contributed by atoms with Gasteiger partial charge in [-0.25, -0.2) is 8.42 Å². The van der Waals surface area contributed by atoms with E-state index in [1.807, 2.05) is 48.5 Å². The second-order valence-electron chi connectivity index (χ2n) is 6.42. The van der Waals surface area contributed by atoms with Gasteiger partial charge in [-0.15, -0.1) is 0 Å². The van der Waals surface area contributed by atoms with Crippen LogP contribution in [0, 0.1) is 11.3 Å². The standard InChI is InChI=1S/C20H23N3O2S/c21-17-19-10-4-5-11-20(19)22-12-14-23(15-13-22)26(24,25)16-6-9-18-7-2-1-3-8-18/h1-5,7-8,10-11H,6,9,12-16H2. The largest absolute Gasteiger partial charge is 0.368 e. The molecule has 2 aromatic carbocycles. The van der Waals surface area contributed by atoms with Crippen LogP contribution in [0.5, 0.6) is 0 Å². The summed E-state index contributed by atoms with van der Waals surface area (Å²) in [5.74, 6) is 0.177. The number of nitrogens with zero attached hydrogens (tertiary/aromatic N) is 3. The first-order chi connectivity index (χ1) is 12.6. The molecular formula is C20H23N3O2S. The fraction of sp³-hybridized carbons (Fsp3) is 0.350. The maximum Gasteiger partial charge on any atom is 0.214 e. The van der Waals surface area contributed by atoms with E-state index in [1.54, 1.807) is 10.4 Å². The summed E-state index contributed by atoms with van der Waals surface area (Å²) in [5, 5.41) is 9.24. The molecule has 0 aliphatic carbocycles. The molecule has 1 heterocycles. The summed E-state index contributed by atoms with van der Waals surface area (Å²) in [7, 11) is -3.23. The molecule has 2 aromatic rings. The Hall–Kier alpha value is -2.36. The van der Waals surface area contributed by atoms with Gasteiger partial charge < -0.3 is 4.90 Å². The molecule has 1 aliphatic heterocycles. The highest BCUT2D eigenvalue weighted by atomic mass is 32.2. The smallest absolute Gasteiger partial charge is 0.214 e. The minimum Gasteiger partial charge on any atom is -0.368 e. The van der Waals surface area contributed by atoms with Gasteiger partial charge >= 0.3 is 0 Å². The van der Waals surface area contributed by atoms with Crippen LogP contribution < -0.4 is 4.90 Å². The molecule has 6 heteroatoms. The Balaban J connectivity index is 1.54. The first kappa shape index (κ1) is 18.4. The van der Waals surface area contributed by atoms with E-state index in [9.17, 15) is 13.7 Å². The zero-order valence-corrected chi connectivity index (χ0v) is 15.5.